The topological polar surface area (TPSA) is 47.0 Å². The smallest absolute Gasteiger partial charge is 0.238 e. The van der Waals surface area contributed by atoms with Crippen molar-refractivity contribution in [1.29, 1.82) is 0 Å². The summed E-state index contributed by atoms with van der Waals surface area (Å²) in [6, 6.07) is 7.99. The third-order valence-corrected chi connectivity index (χ3v) is 3.34. The Morgan fingerprint density at radius 1 is 1.26 bits per heavy atom. The molecule has 1 N–H and O–H groups in total. The van der Waals surface area contributed by atoms with Crippen LogP contribution in [0.1, 0.15) is 19.4 Å². The minimum Gasteiger partial charge on any atom is -0.438 e. The zero-order valence-electron chi connectivity index (χ0n) is 11.0. The summed E-state index contributed by atoms with van der Waals surface area (Å²) in [7, 11) is 0. The van der Waals surface area contributed by atoms with E-state index in [0.29, 0.717) is 5.88 Å². The molecular weight excluding hydrogens is 306 g/mol. The van der Waals surface area contributed by atoms with Crippen LogP contribution >= 0.6 is 15.9 Å². The standard InChI is InChI=1S/C14H16BrN3O/c1-3-10-6-5-7-11(8-10)19-14-12(15)13(16-4-2)17-9-18-14/h5-9H,3-4H2,1-2H3,(H,16,17,18). The molecule has 5 heteroatoms. The van der Waals surface area contributed by atoms with Crippen LogP contribution in [0, 0.1) is 0 Å². The van der Waals surface area contributed by atoms with Gasteiger partial charge in [0.2, 0.25) is 5.88 Å². The zero-order chi connectivity index (χ0) is 13.7. The molecule has 0 fully saturated rings. The third-order valence-electron chi connectivity index (χ3n) is 2.62. The van der Waals surface area contributed by atoms with Crippen molar-refractivity contribution in [3.63, 3.8) is 0 Å². The fraction of sp³-hybridized carbons (Fsp3) is 0.286. The second kappa shape index (κ2) is 6.52. The Bertz CT molecular complexity index is 560. The molecule has 2 aromatic rings. The molecule has 0 atom stereocenters. The van der Waals surface area contributed by atoms with Crippen molar-refractivity contribution in [2.45, 2.75) is 20.3 Å². The molecule has 0 aliphatic carbocycles. The fourth-order valence-corrected chi connectivity index (χ4v) is 2.08. The van der Waals surface area contributed by atoms with Crippen LogP contribution in [0.4, 0.5) is 5.82 Å². The highest BCUT2D eigenvalue weighted by Crippen LogP contribution is 2.31. The first-order chi connectivity index (χ1) is 9.24. The molecule has 0 saturated carbocycles. The quantitative estimate of drug-likeness (QED) is 0.903. The molecular formula is C14H16BrN3O. The highest BCUT2D eigenvalue weighted by atomic mass is 79.9. The minimum absolute atomic E-state index is 0.513. The van der Waals surface area contributed by atoms with Crippen molar-refractivity contribution in [2.24, 2.45) is 0 Å². The number of anilines is 1. The van der Waals surface area contributed by atoms with Gasteiger partial charge in [-0.15, -0.1) is 0 Å². The first-order valence-corrected chi connectivity index (χ1v) is 7.05. The number of rotatable bonds is 5. The average Bonchev–Trinajstić information content (AvgIpc) is 2.44. The number of halogens is 1. The van der Waals surface area contributed by atoms with Crippen LogP contribution in [0.25, 0.3) is 0 Å². The number of benzene rings is 1. The van der Waals surface area contributed by atoms with Gasteiger partial charge in [0.1, 0.15) is 22.4 Å². The molecule has 0 spiro atoms. The van der Waals surface area contributed by atoms with Gasteiger partial charge in [0.25, 0.3) is 0 Å². The summed E-state index contributed by atoms with van der Waals surface area (Å²) >= 11 is 3.46. The summed E-state index contributed by atoms with van der Waals surface area (Å²) in [6.07, 6.45) is 2.46. The molecule has 0 radical (unpaired) electrons. The second-order valence-corrected chi connectivity index (χ2v) is 4.77. The number of aryl methyl sites for hydroxylation is 1. The molecule has 0 bridgehead atoms. The van der Waals surface area contributed by atoms with Gasteiger partial charge < -0.3 is 10.1 Å². The number of ether oxygens (including phenoxy) is 1. The largest absolute Gasteiger partial charge is 0.438 e. The van der Waals surface area contributed by atoms with Gasteiger partial charge in [-0.2, -0.15) is 0 Å². The Kier molecular flexibility index (Phi) is 4.74. The summed E-state index contributed by atoms with van der Waals surface area (Å²) in [5.74, 6) is 2.03. The average molecular weight is 322 g/mol. The summed E-state index contributed by atoms with van der Waals surface area (Å²) in [6.45, 7) is 4.92. The third kappa shape index (κ3) is 3.44. The van der Waals surface area contributed by atoms with E-state index in [1.165, 1.54) is 11.9 Å². The Morgan fingerprint density at radius 3 is 2.84 bits per heavy atom. The maximum atomic E-state index is 5.80. The predicted octanol–water partition coefficient (Wildman–Crippen LogP) is 4.03. The molecule has 0 unspecified atom stereocenters. The lowest BCUT2D eigenvalue weighted by atomic mass is 10.2. The van der Waals surface area contributed by atoms with Crippen molar-refractivity contribution < 1.29 is 4.74 Å². The Labute approximate surface area is 121 Å². The van der Waals surface area contributed by atoms with Crippen LogP contribution in [0.2, 0.25) is 0 Å². The molecule has 0 saturated heterocycles. The summed E-state index contributed by atoms with van der Waals surface area (Å²) in [5, 5.41) is 3.15. The monoisotopic (exact) mass is 321 g/mol. The van der Waals surface area contributed by atoms with Gasteiger partial charge >= 0.3 is 0 Å². The Morgan fingerprint density at radius 2 is 2.11 bits per heavy atom. The number of aromatic nitrogens is 2. The normalized spacial score (nSPS) is 10.3. The van der Waals surface area contributed by atoms with Gasteiger partial charge in [-0.3, -0.25) is 0 Å². The van der Waals surface area contributed by atoms with Crippen LogP contribution in [0.5, 0.6) is 11.6 Å². The van der Waals surface area contributed by atoms with E-state index in [-0.39, 0.29) is 0 Å². The summed E-state index contributed by atoms with van der Waals surface area (Å²) in [4.78, 5) is 8.31. The molecule has 2 rings (SSSR count). The van der Waals surface area contributed by atoms with E-state index in [4.69, 9.17) is 4.74 Å². The first-order valence-electron chi connectivity index (χ1n) is 6.25. The van der Waals surface area contributed by atoms with Crippen molar-refractivity contribution in [3.8, 4) is 11.6 Å². The van der Waals surface area contributed by atoms with Crippen molar-refractivity contribution in [3.05, 3.63) is 40.6 Å². The van der Waals surface area contributed by atoms with Crippen molar-refractivity contribution in [1.82, 2.24) is 9.97 Å². The van der Waals surface area contributed by atoms with Gasteiger partial charge in [0, 0.05) is 6.54 Å². The Hall–Kier alpha value is -1.62. The fourth-order valence-electron chi connectivity index (χ4n) is 1.66. The van der Waals surface area contributed by atoms with Crippen molar-refractivity contribution >= 4 is 21.7 Å². The molecule has 1 aromatic heterocycles. The second-order valence-electron chi connectivity index (χ2n) is 3.97. The van der Waals surface area contributed by atoms with E-state index in [2.05, 4.69) is 44.2 Å². The van der Waals surface area contributed by atoms with Gasteiger partial charge in [-0.1, -0.05) is 19.1 Å². The van der Waals surface area contributed by atoms with E-state index >= 15 is 0 Å². The highest BCUT2D eigenvalue weighted by Gasteiger charge is 2.10. The number of hydrogen-bond donors (Lipinski definition) is 1. The van der Waals surface area contributed by atoms with Gasteiger partial charge in [0.05, 0.1) is 0 Å². The maximum absolute atomic E-state index is 5.80. The van der Waals surface area contributed by atoms with Crippen LogP contribution < -0.4 is 10.1 Å². The van der Waals surface area contributed by atoms with E-state index < -0.39 is 0 Å². The first kappa shape index (κ1) is 13.8. The lowest BCUT2D eigenvalue weighted by Gasteiger charge is -2.10. The molecule has 4 nitrogen and oxygen atoms in total. The molecule has 0 aliphatic heterocycles. The molecule has 1 heterocycles. The van der Waals surface area contributed by atoms with Crippen LogP contribution in [0.3, 0.4) is 0 Å². The van der Waals surface area contributed by atoms with Crippen LogP contribution in [0.15, 0.2) is 35.1 Å². The lowest BCUT2D eigenvalue weighted by Crippen LogP contribution is -2.02. The number of nitrogens with one attached hydrogen (secondary N) is 1. The van der Waals surface area contributed by atoms with E-state index in [1.807, 2.05) is 25.1 Å². The lowest BCUT2D eigenvalue weighted by molar-refractivity contribution is 0.458. The van der Waals surface area contributed by atoms with Crippen LogP contribution in [-0.4, -0.2) is 16.5 Å². The van der Waals surface area contributed by atoms with Crippen molar-refractivity contribution in [2.75, 3.05) is 11.9 Å². The molecule has 1 aromatic carbocycles. The predicted molar refractivity (Wildman–Crippen MR) is 79.8 cm³/mol. The molecule has 0 aliphatic rings. The molecule has 0 amide bonds. The summed E-state index contributed by atoms with van der Waals surface area (Å²) in [5.41, 5.74) is 1.23. The van der Waals surface area contributed by atoms with E-state index in [9.17, 15) is 0 Å². The minimum atomic E-state index is 0.513. The highest BCUT2D eigenvalue weighted by molar-refractivity contribution is 9.10. The number of hydrogen-bond acceptors (Lipinski definition) is 4. The molecule has 19 heavy (non-hydrogen) atoms. The van der Waals surface area contributed by atoms with E-state index in [1.54, 1.807) is 0 Å². The summed E-state index contributed by atoms with van der Waals surface area (Å²) < 4.78 is 6.54. The SMILES string of the molecule is CCNc1ncnc(Oc2cccc(CC)c2)c1Br. The van der Waals surface area contributed by atoms with E-state index in [0.717, 1.165) is 29.0 Å². The molecule has 100 valence electrons. The van der Waals surface area contributed by atoms with Crippen LogP contribution in [-0.2, 0) is 6.42 Å². The van der Waals surface area contributed by atoms with Gasteiger partial charge in [-0.05, 0) is 47.0 Å². The van der Waals surface area contributed by atoms with Gasteiger partial charge in [0.15, 0.2) is 0 Å². The Balaban J connectivity index is 2.25. The maximum Gasteiger partial charge on any atom is 0.238 e. The zero-order valence-corrected chi connectivity index (χ0v) is 12.6. The van der Waals surface area contributed by atoms with Gasteiger partial charge in [-0.25, -0.2) is 9.97 Å². The number of nitrogens with zero attached hydrogens (tertiary/aromatic N) is 2.